The summed E-state index contributed by atoms with van der Waals surface area (Å²) in [5.74, 6) is -0.0472. The molecule has 34 heavy (non-hydrogen) atoms. The Morgan fingerprint density at radius 1 is 1.06 bits per heavy atom. The average molecular weight is 464 g/mol. The van der Waals surface area contributed by atoms with Crippen LogP contribution in [0.1, 0.15) is 51.7 Å². The maximum atomic E-state index is 13.1. The molecule has 0 spiro atoms. The second kappa shape index (κ2) is 10.4. The Hall–Kier alpha value is -3.79. The van der Waals surface area contributed by atoms with Crippen LogP contribution in [0.4, 0.5) is 0 Å². The Labute approximate surface area is 199 Å². The molecule has 2 aromatic rings. The van der Waals surface area contributed by atoms with Gasteiger partial charge in [-0.05, 0) is 56.0 Å². The normalized spacial score (nSPS) is 14.6. The van der Waals surface area contributed by atoms with E-state index in [1.807, 2.05) is 50.2 Å². The van der Waals surface area contributed by atoms with Crippen LogP contribution in [0.2, 0.25) is 0 Å². The van der Waals surface area contributed by atoms with Crippen LogP contribution in [0.5, 0.6) is 11.5 Å². The predicted molar refractivity (Wildman–Crippen MR) is 126 cm³/mol. The van der Waals surface area contributed by atoms with Crippen LogP contribution in [0, 0.1) is 16.7 Å². The van der Waals surface area contributed by atoms with Crippen LogP contribution >= 0.6 is 0 Å². The van der Waals surface area contributed by atoms with Gasteiger partial charge in [-0.1, -0.05) is 50.2 Å². The Morgan fingerprint density at radius 2 is 1.76 bits per heavy atom. The Bertz CT molecular complexity index is 1120. The second-order valence-electron chi connectivity index (χ2n) is 8.70. The van der Waals surface area contributed by atoms with Crippen molar-refractivity contribution in [1.82, 2.24) is 0 Å². The number of carbonyl (C=O) groups excluding carboxylic acids is 2. The highest BCUT2D eigenvalue weighted by Crippen LogP contribution is 2.35. The monoisotopic (exact) mass is 463 g/mol. The van der Waals surface area contributed by atoms with E-state index >= 15 is 0 Å². The van der Waals surface area contributed by atoms with Gasteiger partial charge in [0.1, 0.15) is 18.2 Å². The minimum absolute atomic E-state index is 0.124. The van der Waals surface area contributed by atoms with Crippen molar-refractivity contribution in [3.8, 4) is 17.6 Å². The van der Waals surface area contributed by atoms with E-state index in [0.29, 0.717) is 35.5 Å². The zero-order chi connectivity index (χ0) is 24.8. The number of esters is 2. The molecule has 0 bridgehead atoms. The van der Waals surface area contributed by atoms with Crippen LogP contribution in [-0.4, -0.2) is 25.3 Å². The van der Waals surface area contributed by atoms with Gasteiger partial charge in [0.25, 0.3) is 0 Å². The zero-order valence-electron chi connectivity index (χ0n) is 19.9. The summed E-state index contributed by atoms with van der Waals surface area (Å²) >= 11 is 0. The highest BCUT2D eigenvalue weighted by atomic mass is 16.7. The Balaban J connectivity index is 1.89. The molecule has 3 rings (SSSR count). The van der Waals surface area contributed by atoms with Gasteiger partial charge >= 0.3 is 11.9 Å². The number of benzene rings is 2. The van der Waals surface area contributed by atoms with E-state index in [0.717, 1.165) is 0 Å². The minimum atomic E-state index is -1.25. The third kappa shape index (κ3) is 5.40. The quantitative estimate of drug-likeness (QED) is 0.288. The first kappa shape index (κ1) is 24.8. The van der Waals surface area contributed by atoms with E-state index in [9.17, 15) is 14.9 Å². The van der Waals surface area contributed by atoms with Gasteiger partial charge in [-0.25, -0.2) is 4.79 Å². The molecule has 0 N–H and O–H groups in total. The van der Waals surface area contributed by atoms with Gasteiger partial charge in [0.15, 0.2) is 17.1 Å². The molecule has 0 amide bonds. The molecule has 0 fully saturated rings. The van der Waals surface area contributed by atoms with Crippen molar-refractivity contribution < 1.29 is 28.5 Å². The van der Waals surface area contributed by atoms with Crippen molar-refractivity contribution in [3.05, 3.63) is 65.2 Å². The first-order valence-electron chi connectivity index (χ1n) is 11.2. The molecule has 1 atom stereocenters. The molecule has 7 nitrogen and oxygen atoms in total. The molecule has 1 aliphatic rings. The standard InChI is InChI=1S/C27H29NO6/c1-5-26(3,4)25(30)31-17-27(6-2,21-10-8-7-9-11-21)34-24(29)20(16-28)14-19-12-13-22-23(15-19)33-18-32-22/h7-15H,5-6,17-18H2,1-4H3. The Morgan fingerprint density at radius 3 is 2.41 bits per heavy atom. The van der Waals surface area contributed by atoms with Gasteiger partial charge in [-0.15, -0.1) is 0 Å². The van der Waals surface area contributed by atoms with Gasteiger partial charge in [0, 0.05) is 0 Å². The van der Waals surface area contributed by atoms with E-state index in [2.05, 4.69) is 0 Å². The molecule has 0 aliphatic carbocycles. The van der Waals surface area contributed by atoms with E-state index in [1.165, 1.54) is 6.08 Å². The van der Waals surface area contributed by atoms with Crippen LogP contribution in [-0.2, 0) is 24.7 Å². The SMILES string of the molecule is CCC(C)(C)C(=O)OCC(CC)(OC(=O)C(C#N)=Cc1ccc2c(c1)OCO2)c1ccccc1. The lowest BCUT2D eigenvalue weighted by molar-refractivity contribution is -0.176. The predicted octanol–water partition coefficient (Wildman–Crippen LogP) is 5.15. The lowest BCUT2D eigenvalue weighted by Gasteiger charge is -2.33. The molecule has 0 aromatic heterocycles. The smallest absolute Gasteiger partial charge is 0.349 e. The fourth-order valence-corrected chi connectivity index (χ4v) is 3.35. The van der Waals surface area contributed by atoms with E-state index < -0.39 is 17.0 Å². The summed E-state index contributed by atoms with van der Waals surface area (Å²) in [5, 5.41) is 9.69. The summed E-state index contributed by atoms with van der Waals surface area (Å²) < 4.78 is 22.2. The number of nitriles is 1. The molecule has 0 saturated heterocycles. The van der Waals surface area contributed by atoms with Crippen molar-refractivity contribution in [2.24, 2.45) is 5.41 Å². The number of carbonyl (C=O) groups is 2. The van der Waals surface area contributed by atoms with Crippen LogP contribution < -0.4 is 9.47 Å². The fraction of sp³-hybridized carbons (Fsp3) is 0.370. The second-order valence-corrected chi connectivity index (χ2v) is 8.70. The van der Waals surface area contributed by atoms with Gasteiger partial charge in [-0.3, -0.25) is 4.79 Å². The number of ether oxygens (including phenoxy) is 4. The van der Waals surface area contributed by atoms with Crippen LogP contribution in [0.25, 0.3) is 6.08 Å². The molecular formula is C27H29NO6. The molecule has 1 aliphatic heterocycles. The summed E-state index contributed by atoms with van der Waals surface area (Å²) in [7, 11) is 0. The Kier molecular flexibility index (Phi) is 7.62. The molecule has 2 aromatic carbocycles. The molecule has 1 unspecified atom stereocenters. The third-order valence-electron chi connectivity index (χ3n) is 6.08. The van der Waals surface area contributed by atoms with Crippen molar-refractivity contribution in [2.75, 3.05) is 13.4 Å². The molecule has 0 radical (unpaired) electrons. The van der Waals surface area contributed by atoms with Gasteiger partial charge in [0.2, 0.25) is 6.79 Å². The number of hydrogen-bond acceptors (Lipinski definition) is 7. The first-order chi connectivity index (χ1) is 16.2. The summed E-state index contributed by atoms with van der Waals surface area (Å²) in [5.41, 5.74) is -0.836. The molecule has 7 heteroatoms. The fourth-order valence-electron chi connectivity index (χ4n) is 3.35. The summed E-state index contributed by atoms with van der Waals surface area (Å²) in [6, 6.07) is 16.1. The van der Waals surface area contributed by atoms with Crippen LogP contribution in [0.15, 0.2) is 54.1 Å². The summed E-state index contributed by atoms with van der Waals surface area (Å²) in [6.45, 7) is 7.32. The third-order valence-corrected chi connectivity index (χ3v) is 6.08. The molecule has 1 heterocycles. The van der Waals surface area contributed by atoms with Crippen molar-refractivity contribution in [3.63, 3.8) is 0 Å². The lowest BCUT2D eigenvalue weighted by Crippen LogP contribution is -2.39. The number of nitrogens with zero attached hydrogens (tertiary/aromatic N) is 1. The molecule has 0 saturated carbocycles. The molecular weight excluding hydrogens is 434 g/mol. The first-order valence-corrected chi connectivity index (χ1v) is 11.2. The topological polar surface area (TPSA) is 94.9 Å². The van der Waals surface area contributed by atoms with E-state index in [-0.39, 0.29) is 24.9 Å². The van der Waals surface area contributed by atoms with E-state index in [1.54, 1.807) is 32.0 Å². The van der Waals surface area contributed by atoms with Crippen molar-refractivity contribution in [1.29, 1.82) is 5.26 Å². The average Bonchev–Trinajstić information content (AvgIpc) is 3.33. The van der Waals surface area contributed by atoms with Gasteiger partial charge < -0.3 is 18.9 Å². The van der Waals surface area contributed by atoms with Gasteiger partial charge in [-0.2, -0.15) is 5.26 Å². The highest BCUT2D eigenvalue weighted by Gasteiger charge is 2.39. The van der Waals surface area contributed by atoms with E-state index in [4.69, 9.17) is 18.9 Å². The van der Waals surface area contributed by atoms with Crippen molar-refractivity contribution >= 4 is 18.0 Å². The number of hydrogen-bond donors (Lipinski definition) is 0. The van der Waals surface area contributed by atoms with Gasteiger partial charge in [0.05, 0.1) is 5.41 Å². The maximum absolute atomic E-state index is 13.1. The largest absolute Gasteiger partial charge is 0.461 e. The zero-order valence-corrected chi connectivity index (χ0v) is 19.9. The lowest BCUT2D eigenvalue weighted by atomic mass is 9.89. The summed E-state index contributed by atoms with van der Waals surface area (Å²) in [6.07, 6.45) is 2.38. The minimum Gasteiger partial charge on any atom is -0.461 e. The maximum Gasteiger partial charge on any atom is 0.349 e. The number of fused-ring (bicyclic) bond motifs is 1. The summed E-state index contributed by atoms with van der Waals surface area (Å²) in [4.78, 5) is 25.8. The van der Waals surface area contributed by atoms with Crippen LogP contribution in [0.3, 0.4) is 0 Å². The number of rotatable bonds is 9. The highest BCUT2D eigenvalue weighted by molar-refractivity contribution is 5.98. The molecule has 178 valence electrons. The van der Waals surface area contributed by atoms with Crippen molar-refractivity contribution in [2.45, 2.75) is 46.1 Å².